The summed E-state index contributed by atoms with van der Waals surface area (Å²) >= 11 is 0. The molecule has 0 saturated carbocycles. The zero-order valence-corrected chi connectivity index (χ0v) is 12.9. The topological polar surface area (TPSA) is 85.2 Å². The van der Waals surface area contributed by atoms with Crippen LogP contribution in [0.15, 0.2) is 51.9 Å². The summed E-state index contributed by atoms with van der Waals surface area (Å²) in [5.74, 6) is -0.137. The number of aromatic nitrogens is 2. The highest BCUT2D eigenvalue weighted by Gasteiger charge is 2.36. The highest BCUT2D eigenvalue weighted by molar-refractivity contribution is 5.99. The third-order valence-corrected chi connectivity index (χ3v) is 4.03. The first kappa shape index (κ1) is 14.4. The molecule has 6 heteroatoms. The summed E-state index contributed by atoms with van der Waals surface area (Å²) in [5, 5.41) is 0. The maximum Gasteiger partial charge on any atom is 0.345 e. The summed E-state index contributed by atoms with van der Waals surface area (Å²) in [7, 11) is 0. The van der Waals surface area contributed by atoms with Crippen LogP contribution in [0, 0.1) is 6.92 Å². The van der Waals surface area contributed by atoms with Crippen LogP contribution < -0.4 is 5.69 Å². The van der Waals surface area contributed by atoms with Gasteiger partial charge in [0, 0.05) is 6.42 Å². The number of aromatic amines is 1. The molecule has 1 atom stereocenters. The average molecular weight is 322 g/mol. The SMILES string of the molecule is Cc1ccc(CC2OC(=O)c3c(-c4ccco4)nc(=O)[nH]c32)cc1. The summed E-state index contributed by atoms with van der Waals surface area (Å²) in [4.78, 5) is 30.8. The second-order valence-corrected chi connectivity index (χ2v) is 5.74. The number of carbonyl (C=O) groups is 1. The van der Waals surface area contributed by atoms with E-state index >= 15 is 0 Å². The first-order chi connectivity index (χ1) is 11.6. The summed E-state index contributed by atoms with van der Waals surface area (Å²) < 4.78 is 10.8. The number of nitrogens with one attached hydrogen (secondary N) is 1. The lowest BCUT2D eigenvalue weighted by Gasteiger charge is -2.10. The van der Waals surface area contributed by atoms with Crippen molar-refractivity contribution in [3.05, 3.63) is 75.5 Å². The molecule has 0 bridgehead atoms. The Bertz CT molecular complexity index is 956. The number of esters is 1. The molecule has 1 aliphatic heterocycles. The fraction of sp³-hybridized carbons (Fsp3) is 0.167. The molecular formula is C18H14N2O4. The van der Waals surface area contributed by atoms with E-state index in [-0.39, 0.29) is 11.3 Å². The number of H-pyrrole nitrogens is 1. The van der Waals surface area contributed by atoms with Crippen molar-refractivity contribution in [2.24, 2.45) is 0 Å². The van der Waals surface area contributed by atoms with Crippen molar-refractivity contribution in [3.8, 4) is 11.5 Å². The van der Waals surface area contributed by atoms with E-state index in [1.54, 1.807) is 12.1 Å². The maximum absolute atomic E-state index is 12.3. The van der Waals surface area contributed by atoms with E-state index in [2.05, 4.69) is 9.97 Å². The fourth-order valence-corrected chi connectivity index (χ4v) is 2.86. The summed E-state index contributed by atoms with van der Waals surface area (Å²) in [6.07, 6.45) is 1.41. The van der Waals surface area contributed by atoms with E-state index in [1.165, 1.54) is 6.26 Å². The Balaban J connectivity index is 1.77. The smallest absolute Gasteiger partial charge is 0.345 e. The molecule has 6 nitrogen and oxygen atoms in total. The molecule has 1 N–H and O–H groups in total. The van der Waals surface area contributed by atoms with E-state index in [9.17, 15) is 9.59 Å². The van der Waals surface area contributed by atoms with Crippen molar-refractivity contribution in [3.63, 3.8) is 0 Å². The van der Waals surface area contributed by atoms with Gasteiger partial charge in [0.1, 0.15) is 17.4 Å². The van der Waals surface area contributed by atoms with Gasteiger partial charge in [0.05, 0.1) is 12.0 Å². The van der Waals surface area contributed by atoms with Crippen LogP contribution in [-0.2, 0) is 11.2 Å². The standard InChI is InChI=1S/C18H14N2O4/c1-10-4-6-11(7-5-10)9-13-16-14(17(21)24-13)15(19-18(22)20-16)12-3-2-8-23-12/h2-8,13H,9H2,1H3,(H,19,20,22). The summed E-state index contributed by atoms with van der Waals surface area (Å²) in [6.45, 7) is 2.01. The van der Waals surface area contributed by atoms with Crippen LogP contribution in [0.4, 0.5) is 0 Å². The van der Waals surface area contributed by atoms with E-state index < -0.39 is 17.8 Å². The van der Waals surface area contributed by atoms with E-state index in [0.29, 0.717) is 17.9 Å². The van der Waals surface area contributed by atoms with Gasteiger partial charge in [-0.1, -0.05) is 29.8 Å². The third kappa shape index (κ3) is 2.42. The molecule has 3 heterocycles. The van der Waals surface area contributed by atoms with Gasteiger partial charge in [0.15, 0.2) is 5.76 Å². The highest BCUT2D eigenvalue weighted by Crippen LogP contribution is 2.35. The van der Waals surface area contributed by atoms with Crippen molar-refractivity contribution in [2.45, 2.75) is 19.4 Å². The molecule has 3 aromatic rings. The number of rotatable bonds is 3. The van der Waals surface area contributed by atoms with Crippen LogP contribution in [0.5, 0.6) is 0 Å². The largest absolute Gasteiger partial charge is 0.463 e. The highest BCUT2D eigenvalue weighted by atomic mass is 16.5. The predicted molar refractivity (Wildman–Crippen MR) is 85.6 cm³/mol. The number of nitrogens with zero attached hydrogens (tertiary/aromatic N) is 1. The lowest BCUT2D eigenvalue weighted by atomic mass is 10.0. The Kier molecular flexibility index (Phi) is 3.30. The molecule has 1 unspecified atom stereocenters. The number of benzene rings is 1. The van der Waals surface area contributed by atoms with Crippen molar-refractivity contribution < 1.29 is 13.9 Å². The lowest BCUT2D eigenvalue weighted by molar-refractivity contribution is 0.0382. The van der Waals surface area contributed by atoms with Crippen molar-refractivity contribution in [1.82, 2.24) is 9.97 Å². The van der Waals surface area contributed by atoms with Crippen molar-refractivity contribution in [1.29, 1.82) is 0 Å². The molecule has 0 spiro atoms. The van der Waals surface area contributed by atoms with E-state index in [4.69, 9.17) is 9.15 Å². The molecule has 1 aromatic carbocycles. The van der Waals surface area contributed by atoms with Crippen LogP contribution in [0.2, 0.25) is 0 Å². The molecular weight excluding hydrogens is 308 g/mol. The Hall–Kier alpha value is -3.15. The molecule has 120 valence electrons. The van der Waals surface area contributed by atoms with E-state index in [0.717, 1.165) is 11.1 Å². The number of ether oxygens (including phenoxy) is 1. The number of fused-ring (bicyclic) bond motifs is 1. The number of carbonyl (C=O) groups excluding carboxylic acids is 1. The molecule has 1 aliphatic rings. The molecule has 0 fully saturated rings. The van der Waals surface area contributed by atoms with Gasteiger partial charge in [-0.3, -0.25) is 0 Å². The molecule has 4 rings (SSSR count). The zero-order valence-electron chi connectivity index (χ0n) is 12.9. The van der Waals surface area contributed by atoms with Gasteiger partial charge in [-0.2, -0.15) is 4.98 Å². The monoisotopic (exact) mass is 322 g/mol. The Morgan fingerprint density at radius 2 is 1.96 bits per heavy atom. The first-order valence-electron chi connectivity index (χ1n) is 7.56. The normalized spacial score (nSPS) is 16.0. The second-order valence-electron chi connectivity index (χ2n) is 5.74. The number of hydrogen-bond acceptors (Lipinski definition) is 5. The molecule has 2 aromatic heterocycles. The third-order valence-electron chi connectivity index (χ3n) is 4.03. The van der Waals surface area contributed by atoms with Crippen molar-refractivity contribution in [2.75, 3.05) is 0 Å². The average Bonchev–Trinajstić information content (AvgIpc) is 3.18. The minimum Gasteiger partial charge on any atom is -0.463 e. The van der Waals surface area contributed by atoms with Gasteiger partial charge in [-0.05, 0) is 24.6 Å². The van der Waals surface area contributed by atoms with Gasteiger partial charge in [0.25, 0.3) is 0 Å². The lowest BCUT2D eigenvalue weighted by Crippen LogP contribution is -2.17. The first-order valence-corrected chi connectivity index (χ1v) is 7.56. The maximum atomic E-state index is 12.3. The van der Waals surface area contributed by atoms with Gasteiger partial charge >= 0.3 is 11.7 Å². The zero-order chi connectivity index (χ0) is 16.7. The van der Waals surface area contributed by atoms with Gasteiger partial charge in [0.2, 0.25) is 0 Å². The Labute approximate surface area is 137 Å². The fourth-order valence-electron chi connectivity index (χ4n) is 2.86. The molecule has 0 amide bonds. The van der Waals surface area contributed by atoms with Crippen LogP contribution in [0.3, 0.4) is 0 Å². The van der Waals surface area contributed by atoms with Crippen molar-refractivity contribution >= 4 is 5.97 Å². The minimum atomic E-state index is -0.542. The van der Waals surface area contributed by atoms with Gasteiger partial charge < -0.3 is 14.1 Å². The van der Waals surface area contributed by atoms with E-state index in [1.807, 2.05) is 31.2 Å². The minimum absolute atomic E-state index is 0.218. The quantitative estimate of drug-likeness (QED) is 0.749. The number of furan rings is 1. The van der Waals surface area contributed by atoms with Gasteiger partial charge in [-0.15, -0.1) is 0 Å². The molecule has 24 heavy (non-hydrogen) atoms. The number of aryl methyl sites for hydroxylation is 1. The molecule has 0 saturated heterocycles. The summed E-state index contributed by atoms with van der Waals surface area (Å²) in [5.41, 5.74) is 2.57. The molecule has 0 aliphatic carbocycles. The van der Waals surface area contributed by atoms with Crippen LogP contribution in [-0.4, -0.2) is 15.9 Å². The summed E-state index contributed by atoms with van der Waals surface area (Å²) in [6, 6.07) is 11.3. The van der Waals surface area contributed by atoms with Crippen LogP contribution in [0.1, 0.15) is 33.3 Å². The van der Waals surface area contributed by atoms with Crippen LogP contribution in [0.25, 0.3) is 11.5 Å². The number of hydrogen-bond donors (Lipinski definition) is 1. The predicted octanol–water partition coefficient (Wildman–Crippen LogP) is 2.79. The molecule has 0 radical (unpaired) electrons. The van der Waals surface area contributed by atoms with Crippen LogP contribution >= 0.6 is 0 Å². The van der Waals surface area contributed by atoms with Gasteiger partial charge in [-0.25, -0.2) is 9.59 Å². The number of cyclic esters (lactones) is 1. The Morgan fingerprint density at radius 1 is 1.17 bits per heavy atom. The Morgan fingerprint density at radius 3 is 2.67 bits per heavy atom. The second kappa shape index (κ2) is 5.49.